The average molecular weight is 275 g/mol. The van der Waals surface area contributed by atoms with E-state index in [4.69, 9.17) is 4.74 Å². The van der Waals surface area contributed by atoms with Gasteiger partial charge in [-0.25, -0.2) is 0 Å². The summed E-state index contributed by atoms with van der Waals surface area (Å²) >= 11 is 0. The number of ether oxygens (including phenoxy) is 1. The lowest BCUT2D eigenvalue weighted by Crippen LogP contribution is -2.47. The van der Waals surface area contributed by atoms with Gasteiger partial charge in [0, 0.05) is 18.7 Å². The van der Waals surface area contributed by atoms with Crippen molar-refractivity contribution in [2.75, 3.05) is 6.61 Å². The lowest BCUT2D eigenvalue weighted by molar-refractivity contribution is -0.0939. The third kappa shape index (κ3) is 3.62. The fourth-order valence-electron chi connectivity index (χ4n) is 3.30. The van der Waals surface area contributed by atoms with E-state index in [9.17, 15) is 0 Å². The normalized spacial score (nSPS) is 23.5. The molecule has 0 spiro atoms. The fourth-order valence-corrected chi connectivity index (χ4v) is 3.30. The van der Waals surface area contributed by atoms with Crippen molar-refractivity contribution in [3.8, 4) is 0 Å². The molecule has 0 bridgehead atoms. The van der Waals surface area contributed by atoms with Crippen molar-refractivity contribution in [2.45, 2.75) is 71.1 Å². The molecule has 1 aromatic rings. The quantitative estimate of drug-likeness (QED) is 0.861. The second-order valence-corrected chi connectivity index (χ2v) is 6.23. The van der Waals surface area contributed by atoms with Crippen molar-refractivity contribution < 1.29 is 4.74 Å². The number of hydrogen-bond donors (Lipinski definition) is 1. The molecule has 2 unspecified atom stereocenters. The number of hydrogen-bond acceptors (Lipinski definition) is 2. The van der Waals surface area contributed by atoms with Crippen LogP contribution in [0.1, 0.15) is 63.6 Å². The summed E-state index contributed by atoms with van der Waals surface area (Å²) in [5, 5.41) is 3.81. The Bertz CT molecular complexity index is 425. The number of aryl methyl sites for hydroxylation is 1. The lowest BCUT2D eigenvalue weighted by Gasteiger charge is -2.41. The molecule has 112 valence electrons. The number of rotatable bonds is 5. The first-order chi connectivity index (χ1) is 9.58. The SMILES string of the molecule is CCC1(CC)CC(NC(C)c2cccc(C)c2)CCO1. The van der Waals surface area contributed by atoms with Gasteiger partial charge in [0.05, 0.1) is 5.60 Å². The van der Waals surface area contributed by atoms with Gasteiger partial charge in [-0.05, 0) is 45.1 Å². The lowest BCUT2D eigenvalue weighted by atomic mass is 9.85. The van der Waals surface area contributed by atoms with Crippen LogP contribution in [0.4, 0.5) is 0 Å². The predicted molar refractivity (Wildman–Crippen MR) is 85.0 cm³/mol. The topological polar surface area (TPSA) is 21.3 Å². The largest absolute Gasteiger partial charge is 0.375 e. The average Bonchev–Trinajstić information content (AvgIpc) is 2.47. The zero-order chi connectivity index (χ0) is 14.6. The van der Waals surface area contributed by atoms with Crippen LogP contribution in [-0.2, 0) is 4.74 Å². The molecule has 1 saturated heterocycles. The summed E-state index contributed by atoms with van der Waals surface area (Å²) in [4.78, 5) is 0. The van der Waals surface area contributed by atoms with Crippen LogP contribution in [0.3, 0.4) is 0 Å². The Morgan fingerprint density at radius 1 is 1.35 bits per heavy atom. The Morgan fingerprint density at radius 3 is 2.75 bits per heavy atom. The summed E-state index contributed by atoms with van der Waals surface area (Å²) in [7, 11) is 0. The maximum absolute atomic E-state index is 6.06. The first-order valence-corrected chi connectivity index (χ1v) is 8.05. The van der Waals surface area contributed by atoms with Crippen molar-refractivity contribution in [2.24, 2.45) is 0 Å². The van der Waals surface area contributed by atoms with Crippen LogP contribution in [-0.4, -0.2) is 18.2 Å². The monoisotopic (exact) mass is 275 g/mol. The highest BCUT2D eigenvalue weighted by atomic mass is 16.5. The molecule has 2 nitrogen and oxygen atoms in total. The maximum Gasteiger partial charge on any atom is 0.0692 e. The van der Waals surface area contributed by atoms with Gasteiger partial charge in [0.25, 0.3) is 0 Å². The molecule has 1 heterocycles. The van der Waals surface area contributed by atoms with E-state index in [1.54, 1.807) is 0 Å². The Labute approximate surface area is 123 Å². The summed E-state index contributed by atoms with van der Waals surface area (Å²) in [6, 6.07) is 9.78. The van der Waals surface area contributed by atoms with Crippen molar-refractivity contribution in [3.05, 3.63) is 35.4 Å². The van der Waals surface area contributed by atoms with Gasteiger partial charge in [0.1, 0.15) is 0 Å². The molecule has 2 rings (SSSR count). The van der Waals surface area contributed by atoms with E-state index in [0.717, 1.165) is 32.3 Å². The van der Waals surface area contributed by atoms with Crippen LogP contribution in [0.2, 0.25) is 0 Å². The molecule has 1 fully saturated rings. The summed E-state index contributed by atoms with van der Waals surface area (Å²) in [6.07, 6.45) is 4.48. The van der Waals surface area contributed by atoms with Crippen LogP contribution in [0.5, 0.6) is 0 Å². The van der Waals surface area contributed by atoms with Crippen LogP contribution in [0.15, 0.2) is 24.3 Å². The molecule has 1 aliphatic rings. The highest BCUT2D eigenvalue weighted by Gasteiger charge is 2.34. The van der Waals surface area contributed by atoms with Crippen molar-refractivity contribution in [1.82, 2.24) is 5.32 Å². The van der Waals surface area contributed by atoms with Gasteiger partial charge in [-0.2, -0.15) is 0 Å². The van der Waals surface area contributed by atoms with Gasteiger partial charge >= 0.3 is 0 Å². The molecule has 0 saturated carbocycles. The van der Waals surface area contributed by atoms with Crippen LogP contribution in [0.25, 0.3) is 0 Å². The molecule has 0 aromatic heterocycles. The molecule has 1 aliphatic heterocycles. The standard InChI is InChI=1S/C18H29NO/c1-5-18(6-2)13-17(10-11-20-18)19-15(4)16-9-7-8-14(3)12-16/h7-9,12,15,17,19H,5-6,10-11,13H2,1-4H3. The second kappa shape index (κ2) is 6.73. The zero-order valence-corrected chi connectivity index (χ0v) is 13.4. The van der Waals surface area contributed by atoms with E-state index in [-0.39, 0.29) is 5.60 Å². The highest BCUT2D eigenvalue weighted by molar-refractivity contribution is 5.24. The summed E-state index contributed by atoms with van der Waals surface area (Å²) in [5.74, 6) is 0. The van der Waals surface area contributed by atoms with Gasteiger partial charge in [-0.3, -0.25) is 0 Å². The van der Waals surface area contributed by atoms with E-state index in [1.165, 1.54) is 11.1 Å². The van der Waals surface area contributed by atoms with Gasteiger partial charge < -0.3 is 10.1 Å². The molecular weight excluding hydrogens is 246 g/mol. The van der Waals surface area contributed by atoms with Gasteiger partial charge in [-0.1, -0.05) is 43.7 Å². The first kappa shape index (κ1) is 15.5. The Hall–Kier alpha value is -0.860. The van der Waals surface area contributed by atoms with Crippen LogP contribution < -0.4 is 5.32 Å². The second-order valence-electron chi connectivity index (χ2n) is 6.23. The summed E-state index contributed by atoms with van der Waals surface area (Å²) < 4.78 is 6.06. The molecule has 0 aliphatic carbocycles. The molecular formula is C18H29NO. The van der Waals surface area contributed by atoms with E-state index in [0.29, 0.717) is 12.1 Å². The Balaban J connectivity index is 1.99. The Kier molecular flexibility index (Phi) is 5.22. The number of nitrogens with one attached hydrogen (secondary N) is 1. The van der Waals surface area contributed by atoms with Crippen LogP contribution >= 0.6 is 0 Å². The first-order valence-electron chi connectivity index (χ1n) is 8.05. The van der Waals surface area contributed by atoms with Crippen molar-refractivity contribution >= 4 is 0 Å². The van der Waals surface area contributed by atoms with Gasteiger partial charge in [0.2, 0.25) is 0 Å². The van der Waals surface area contributed by atoms with Gasteiger partial charge in [-0.15, -0.1) is 0 Å². The third-order valence-electron chi connectivity index (χ3n) is 4.81. The number of benzene rings is 1. The third-order valence-corrected chi connectivity index (χ3v) is 4.81. The van der Waals surface area contributed by atoms with Gasteiger partial charge in [0.15, 0.2) is 0 Å². The molecule has 1 aromatic carbocycles. The zero-order valence-electron chi connectivity index (χ0n) is 13.4. The van der Waals surface area contributed by atoms with Crippen LogP contribution in [0, 0.1) is 6.92 Å². The fraction of sp³-hybridized carbons (Fsp3) is 0.667. The minimum absolute atomic E-state index is 0.0994. The molecule has 0 radical (unpaired) electrons. The minimum Gasteiger partial charge on any atom is -0.375 e. The smallest absolute Gasteiger partial charge is 0.0692 e. The molecule has 20 heavy (non-hydrogen) atoms. The molecule has 2 atom stereocenters. The minimum atomic E-state index is 0.0994. The van der Waals surface area contributed by atoms with E-state index in [2.05, 4.69) is 57.3 Å². The molecule has 1 N–H and O–H groups in total. The maximum atomic E-state index is 6.06. The molecule has 2 heteroatoms. The van der Waals surface area contributed by atoms with Crippen molar-refractivity contribution in [3.63, 3.8) is 0 Å². The summed E-state index contributed by atoms with van der Waals surface area (Å²) in [6.45, 7) is 9.80. The Morgan fingerprint density at radius 2 is 2.10 bits per heavy atom. The molecule has 0 amide bonds. The predicted octanol–water partition coefficient (Wildman–Crippen LogP) is 4.38. The summed E-state index contributed by atoms with van der Waals surface area (Å²) in [5.41, 5.74) is 2.82. The highest BCUT2D eigenvalue weighted by Crippen LogP contribution is 2.32. The van der Waals surface area contributed by atoms with E-state index in [1.807, 2.05) is 0 Å². The van der Waals surface area contributed by atoms with E-state index >= 15 is 0 Å². The van der Waals surface area contributed by atoms with Crippen molar-refractivity contribution in [1.29, 1.82) is 0 Å². The van der Waals surface area contributed by atoms with E-state index < -0.39 is 0 Å².